The number of hydrogen-bond acceptors (Lipinski definition) is 4. The van der Waals surface area contributed by atoms with Crippen LogP contribution in [-0.2, 0) is 6.54 Å². The molecule has 0 aliphatic heterocycles. The van der Waals surface area contributed by atoms with E-state index in [1.165, 1.54) is 0 Å². The zero-order valence-electron chi connectivity index (χ0n) is 19.0. The van der Waals surface area contributed by atoms with Crippen LogP contribution in [0.4, 0.5) is 5.69 Å². The van der Waals surface area contributed by atoms with E-state index >= 15 is 0 Å². The highest BCUT2D eigenvalue weighted by Crippen LogP contribution is 2.25. The lowest BCUT2D eigenvalue weighted by atomic mass is 10.1. The number of nitrogen functional groups attached to an aromatic ring is 1. The molecule has 0 spiro atoms. The summed E-state index contributed by atoms with van der Waals surface area (Å²) in [5.41, 5.74) is 14.7. The third kappa shape index (κ3) is 5.22. The summed E-state index contributed by atoms with van der Waals surface area (Å²) in [6.07, 6.45) is 1.65. The van der Waals surface area contributed by atoms with Gasteiger partial charge in [-0.05, 0) is 42.0 Å². The minimum atomic E-state index is -0.506. The average molecular weight is 468 g/mol. The lowest BCUT2D eigenvalue weighted by Crippen LogP contribution is -2.18. The molecule has 4 rings (SSSR count). The molecule has 6 N–H and O–H groups in total. The third-order valence-electron chi connectivity index (χ3n) is 5.49. The maximum atomic E-state index is 13.4. The quantitative estimate of drug-likeness (QED) is 0.169. The van der Waals surface area contributed by atoms with Gasteiger partial charge in [0.05, 0.1) is 0 Å². The van der Waals surface area contributed by atoms with Crippen LogP contribution in [-0.4, -0.2) is 28.8 Å². The lowest BCUT2D eigenvalue weighted by Gasteiger charge is -2.13. The molecule has 0 aliphatic carbocycles. The minimum Gasteiger partial charge on any atom is -0.489 e. The van der Waals surface area contributed by atoms with Gasteiger partial charge in [0.2, 0.25) is 5.91 Å². The number of rotatable bonds is 9. The molecule has 0 aliphatic rings. The number of hydrogen-bond donors (Lipinski definition) is 4. The number of amidine groups is 1. The number of nitrogens with zero attached hydrogens (tertiary/aromatic N) is 1. The first-order chi connectivity index (χ1) is 16.9. The molecule has 0 unspecified atom stereocenters. The van der Waals surface area contributed by atoms with Crippen molar-refractivity contribution in [3.8, 4) is 5.75 Å². The molecule has 0 fully saturated rings. The number of carbonyl (C=O) groups is 2. The maximum absolute atomic E-state index is 13.4. The van der Waals surface area contributed by atoms with Crippen molar-refractivity contribution >= 4 is 34.2 Å². The fourth-order valence-corrected chi connectivity index (χ4v) is 3.75. The Bertz CT molecular complexity index is 1440. The van der Waals surface area contributed by atoms with Crippen LogP contribution in [0.5, 0.6) is 5.75 Å². The molecule has 0 bridgehead atoms. The molecule has 3 aromatic carbocycles. The van der Waals surface area contributed by atoms with E-state index in [2.05, 4.69) is 11.9 Å². The first kappa shape index (κ1) is 23.3. The highest BCUT2D eigenvalue weighted by Gasteiger charge is 2.17. The van der Waals surface area contributed by atoms with Crippen molar-refractivity contribution in [2.45, 2.75) is 6.54 Å². The number of nitrogens with one attached hydrogen (secondary N) is 2. The number of aromatic nitrogens is 1. The smallest absolute Gasteiger partial charge is 0.272 e. The third-order valence-corrected chi connectivity index (χ3v) is 5.49. The molecule has 176 valence electrons. The Hall–Kier alpha value is -4.85. The number of carbonyl (C=O) groups excluding carboxylic acids is 2. The molecule has 1 aromatic heterocycles. The summed E-state index contributed by atoms with van der Waals surface area (Å²) >= 11 is 0. The van der Waals surface area contributed by atoms with Crippen molar-refractivity contribution < 1.29 is 14.3 Å². The molecular formula is C27H25N5O3. The molecule has 2 amide bonds. The largest absolute Gasteiger partial charge is 0.489 e. The Balaban J connectivity index is 1.72. The zero-order chi connectivity index (χ0) is 24.9. The molecule has 4 aromatic rings. The molecule has 0 saturated carbocycles. The Morgan fingerprint density at radius 3 is 2.43 bits per heavy atom. The van der Waals surface area contributed by atoms with Crippen molar-refractivity contribution in [1.29, 1.82) is 5.41 Å². The van der Waals surface area contributed by atoms with Crippen molar-refractivity contribution in [3.05, 3.63) is 108 Å². The van der Waals surface area contributed by atoms with Gasteiger partial charge >= 0.3 is 0 Å². The standard InChI is InChI=1S/C27H25N5O3/c1-2-12-35-22-5-3-4-21(15-22)31-27(34)24-13-19-10-11-20(25(28)29)14-23(19)32(24)16-17-6-8-18(9-7-17)26(30)33/h2-11,13-15H,1,12,16H2,(H3,28,29)(H2,30,33)(H,31,34). The van der Waals surface area contributed by atoms with Gasteiger partial charge in [0.25, 0.3) is 5.91 Å². The number of amides is 2. The number of nitrogens with two attached hydrogens (primary N) is 2. The predicted octanol–water partition coefficient (Wildman–Crippen LogP) is 3.89. The predicted molar refractivity (Wildman–Crippen MR) is 137 cm³/mol. The van der Waals surface area contributed by atoms with E-state index in [0.29, 0.717) is 41.4 Å². The van der Waals surface area contributed by atoms with E-state index in [4.69, 9.17) is 21.6 Å². The number of benzene rings is 3. The van der Waals surface area contributed by atoms with E-state index in [1.807, 2.05) is 10.6 Å². The van der Waals surface area contributed by atoms with E-state index in [9.17, 15) is 9.59 Å². The van der Waals surface area contributed by atoms with Gasteiger partial charge in [-0.1, -0.05) is 43.0 Å². The molecular weight excluding hydrogens is 442 g/mol. The summed E-state index contributed by atoms with van der Waals surface area (Å²) in [6, 6.07) is 21.2. The van der Waals surface area contributed by atoms with Crippen molar-refractivity contribution in [3.63, 3.8) is 0 Å². The van der Waals surface area contributed by atoms with Gasteiger partial charge in [-0.15, -0.1) is 0 Å². The van der Waals surface area contributed by atoms with Crippen LogP contribution in [0.15, 0.2) is 85.5 Å². The number of ether oxygens (including phenoxy) is 1. The summed E-state index contributed by atoms with van der Waals surface area (Å²) in [5.74, 6) is -0.259. The molecule has 0 saturated heterocycles. The van der Waals surface area contributed by atoms with Gasteiger partial charge in [-0.2, -0.15) is 0 Å². The first-order valence-electron chi connectivity index (χ1n) is 10.9. The van der Waals surface area contributed by atoms with E-state index in [1.54, 1.807) is 72.8 Å². The monoisotopic (exact) mass is 467 g/mol. The highest BCUT2D eigenvalue weighted by molar-refractivity contribution is 6.07. The van der Waals surface area contributed by atoms with Crippen molar-refractivity contribution in [1.82, 2.24) is 4.57 Å². The molecule has 8 nitrogen and oxygen atoms in total. The van der Waals surface area contributed by atoms with Gasteiger partial charge < -0.3 is 26.1 Å². The van der Waals surface area contributed by atoms with Crippen LogP contribution in [0, 0.1) is 5.41 Å². The van der Waals surface area contributed by atoms with Crippen LogP contribution in [0.25, 0.3) is 10.9 Å². The second-order valence-corrected chi connectivity index (χ2v) is 7.95. The summed E-state index contributed by atoms with van der Waals surface area (Å²) in [7, 11) is 0. The number of anilines is 1. The van der Waals surface area contributed by atoms with Crippen LogP contribution in [0.1, 0.15) is 32.0 Å². The Kier molecular flexibility index (Phi) is 6.64. The normalized spacial score (nSPS) is 10.6. The number of fused-ring (bicyclic) bond motifs is 1. The number of primary amides is 1. The van der Waals surface area contributed by atoms with E-state index in [0.717, 1.165) is 16.5 Å². The highest BCUT2D eigenvalue weighted by atomic mass is 16.5. The van der Waals surface area contributed by atoms with Gasteiger partial charge in [0.15, 0.2) is 0 Å². The fourth-order valence-electron chi connectivity index (χ4n) is 3.75. The average Bonchev–Trinajstić information content (AvgIpc) is 3.21. The molecule has 1 heterocycles. The van der Waals surface area contributed by atoms with E-state index in [-0.39, 0.29) is 11.7 Å². The van der Waals surface area contributed by atoms with Gasteiger partial charge in [0, 0.05) is 40.3 Å². The van der Waals surface area contributed by atoms with E-state index < -0.39 is 5.91 Å². The van der Waals surface area contributed by atoms with Gasteiger partial charge in [-0.25, -0.2) is 0 Å². The molecule has 8 heteroatoms. The molecule has 0 radical (unpaired) electrons. The SMILES string of the molecule is C=CCOc1cccc(NC(=O)c2cc3ccc(C(=N)N)cc3n2Cc2ccc(C(N)=O)cc2)c1. The second-order valence-electron chi connectivity index (χ2n) is 7.95. The summed E-state index contributed by atoms with van der Waals surface area (Å²) in [4.78, 5) is 24.8. The first-order valence-corrected chi connectivity index (χ1v) is 10.9. The molecule has 0 atom stereocenters. The van der Waals surface area contributed by atoms with Crippen molar-refractivity contribution in [2.75, 3.05) is 11.9 Å². The Morgan fingerprint density at radius 2 is 1.74 bits per heavy atom. The van der Waals surface area contributed by atoms with Gasteiger partial charge in [-0.3, -0.25) is 15.0 Å². The summed E-state index contributed by atoms with van der Waals surface area (Å²) in [5, 5.41) is 11.6. The van der Waals surface area contributed by atoms with Gasteiger partial charge in [0.1, 0.15) is 23.9 Å². The second kappa shape index (κ2) is 9.96. The molecule has 35 heavy (non-hydrogen) atoms. The summed E-state index contributed by atoms with van der Waals surface area (Å²) < 4.78 is 7.41. The maximum Gasteiger partial charge on any atom is 0.272 e. The zero-order valence-corrected chi connectivity index (χ0v) is 19.0. The van der Waals surface area contributed by atoms with Crippen LogP contribution in [0.3, 0.4) is 0 Å². The Labute approximate surface area is 202 Å². The van der Waals surface area contributed by atoms with Crippen molar-refractivity contribution in [2.24, 2.45) is 11.5 Å². The van der Waals surface area contributed by atoms with Crippen LogP contribution < -0.4 is 21.5 Å². The lowest BCUT2D eigenvalue weighted by molar-refractivity contribution is 0.0997. The van der Waals surface area contributed by atoms with Crippen LogP contribution in [0.2, 0.25) is 0 Å². The summed E-state index contributed by atoms with van der Waals surface area (Å²) in [6.45, 7) is 4.36. The topological polar surface area (TPSA) is 136 Å². The fraction of sp³-hybridized carbons (Fsp3) is 0.0741. The Morgan fingerprint density at radius 1 is 1.00 bits per heavy atom. The minimum absolute atomic E-state index is 0.0622. The van der Waals surface area contributed by atoms with Crippen LogP contribution >= 0.6 is 0 Å².